The van der Waals surface area contributed by atoms with Crippen molar-refractivity contribution in [1.29, 1.82) is 0 Å². The molecule has 0 aliphatic carbocycles. The number of rotatable bonds is 4. The fourth-order valence-corrected chi connectivity index (χ4v) is 3.03. The lowest BCUT2D eigenvalue weighted by molar-refractivity contribution is 0.302. The van der Waals surface area contributed by atoms with E-state index in [2.05, 4.69) is 16.7 Å². The molecule has 0 aromatic rings. The largest absolute Gasteiger partial charge is 0.330 e. The van der Waals surface area contributed by atoms with Gasteiger partial charge in [0.1, 0.15) is 0 Å². The molecule has 0 aromatic heterocycles. The summed E-state index contributed by atoms with van der Waals surface area (Å²) < 4.78 is 0. The van der Waals surface area contributed by atoms with Crippen LogP contribution in [0.2, 0.25) is 0 Å². The lowest BCUT2D eigenvalue weighted by atomic mass is 10.1. The van der Waals surface area contributed by atoms with Gasteiger partial charge in [0.25, 0.3) is 0 Å². The van der Waals surface area contributed by atoms with E-state index < -0.39 is 0 Å². The molecule has 0 spiro atoms. The SMILES string of the molecule is NCC1CCN(CCC2CSC2)C1. The average molecular weight is 200 g/mol. The third-order valence-corrected chi connectivity index (χ3v) is 4.68. The van der Waals surface area contributed by atoms with Crippen LogP contribution in [-0.2, 0) is 0 Å². The van der Waals surface area contributed by atoms with E-state index in [0.29, 0.717) is 0 Å². The van der Waals surface area contributed by atoms with Crippen LogP contribution in [0.25, 0.3) is 0 Å². The van der Waals surface area contributed by atoms with Gasteiger partial charge in [0, 0.05) is 6.54 Å². The zero-order valence-corrected chi connectivity index (χ0v) is 9.06. The standard InChI is InChI=1S/C10H20N2S/c11-5-9-1-3-12(6-9)4-2-10-7-13-8-10/h9-10H,1-8,11H2. The van der Waals surface area contributed by atoms with Gasteiger partial charge in [-0.3, -0.25) is 0 Å². The van der Waals surface area contributed by atoms with Crippen molar-refractivity contribution in [2.24, 2.45) is 17.6 Å². The molecule has 0 radical (unpaired) electrons. The molecule has 0 saturated carbocycles. The van der Waals surface area contributed by atoms with Crippen LogP contribution in [0.4, 0.5) is 0 Å². The fourth-order valence-electron chi connectivity index (χ4n) is 2.12. The number of likely N-dealkylation sites (tertiary alicyclic amines) is 1. The molecule has 2 rings (SSSR count). The molecule has 1 unspecified atom stereocenters. The molecule has 2 heterocycles. The minimum atomic E-state index is 0.788. The van der Waals surface area contributed by atoms with Crippen LogP contribution in [-0.4, -0.2) is 42.6 Å². The van der Waals surface area contributed by atoms with Gasteiger partial charge < -0.3 is 10.6 Å². The molecule has 2 aliphatic rings. The number of hydrogen-bond acceptors (Lipinski definition) is 3. The average Bonchev–Trinajstić information content (AvgIpc) is 2.49. The summed E-state index contributed by atoms with van der Waals surface area (Å²) in [4.78, 5) is 2.60. The van der Waals surface area contributed by atoms with Gasteiger partial charge in [-0.1, -0.05) is 0 Å². The zero-order valence-electron chi connectivity index (χ0n) is 8.24. The number of nitrogens with zero attached hydrogens (tertiary/aromatic N) is 1. The molecule has 2 aliphatic heterocycles. The predicted molar refractivity (Wildman–Crippen MR) is 59.0 cm³/mol. The third kappa shape index (κ3) is 2.61. The summed E-state index contributed by atoms with van der Waals surface area (Å²) in [5.74, 6) is 4.64. The van der Waals surface area contributed by atoms with E-state index >= 15 is 0 Å². The first-order valence-corrected chi connectivity index (χ1v) is 6.54. The van der Waals surface area contributed by atoms with Gasteiger partial charge >= 0.3 is 0 Å². The van der Waals surface area contributed by atoms with Crippen LogP contribution in [0.15, 0.2) is 0 Å². The molecular formula is C10H20N2S. The van der Waals surface area contributed by atoms with Crippen molar-refractivity contribution in [1.82, 2.24) is 4.90 Å². The molecule has 3 heteroatoms. The van der Waals surface area contributed by atoms with Crippen molar-refractivity contribution in [2.75, 3.05) is 37.7 Å². The van der Waals surface area contributed by atoms with E-state index in [0.717, 1.165) is 18.4 Å². The molecule has 76 valence electrons. The molecule has 2 fully saturated rings. The Labute approximate surface area is 85.2 Å². The predicted octanol–water partition coefficient (Wildman–Crippen LogP) is 1.02. The third-order valence-electron chi connectivity index (χ3n) is 3.26. The molecule has 0 amide bonds. The monoisotopic (exact) mass is 200 g/mol. The van der Waals surface area contributed by atoms with Crippen LogP contribution >= 0.6 is 11.8 Å². The van der Waals surface area contributed by atoms with E-state index in [1.54, 1.807) is 0 Å². The molecule has 13 heavy (non-hydrogen) atoms. The number of thioether (sulfide) groups is 1. The smallest absolute Gasteiger partial charge is 0.00222 e. The van der Waals surface area contributed by atoms with Gasteiger partial charge in [0.2, 0.25) is 0 Å². The van der Waals surface area contributed by atoms with Gasteiger partial charge in [0.05, 0.1) is 0 Å². The molecule has 0 bridgehead atoms. The Morgan fingerprint density at radius 2 is 2.15 bits per heavy atom. The van der Waals surface area contributed by atoms with Crippen molar-refractivity contribution < 1.29 is 0 Å². The van der Waals surface area contributed by atoms with Gasteiger partial charge in [0.15, 0.2) is 0 Å². The Kier molecular flexibility index (Phi) is 3.52. The summed E-state index contributed by atoms with van der Waals surface area (Å²) in [7, 11) is 0. The van der Waals surface area contributed by atoms with Crippen molar-refractivity contribution in [3.8, 4) is 0 Å². The second-order valence-corrected chi connectivity index (χ2v) is 5.46. The maximum atomic E-state index is 5.66. The number of hydrogen-bond donors (Lipinski definition) is 1. The van der Waals surface area contributed by atoms with E-state index in [1.165, 1.54) is 44.0 Å². The normalized spacial score (nSPS) is 30.7. The van der Waals surface area contributed by atoms with E-state index in [-0.39, 0.29) is 0 Å². The fraction of sp³-hybridized carbons (Fsp3) is 1.00. The maximum Gasteiger partial charge on any atom is 0.00222 e. The molecule has 1 atom stereocenters. The van der Waals surface area contributed by atoms with Gasteiger partial charge in [-0.2, -0.15) is 11.8 Å². The van der Waals surface area contributed by atoms with Crippen LogP contribution in [0.1, 0.15) is 12.8 Å². The summed E-state index contributed by atoms with van der Waals surface area (Å²) in [6.07, 6.45) is 2.75. The van der Waals surface area contributed by atoms with Crippen molar-refractivity contribution in [3.05, 3.63) is 0 Å². The summed E-state index contributed by atoms with van der Waals surface area (Å²) in [5, 5.41) is 0. The summed E-state index contributed by atoms with van der Waals surface area (Å²) in [6, 6.07) is 0. The van der Waals surface area contributed by atoms with Gasteiger partial charge in [-0.25, -0.2) is 0 Å². The van der Waals surface area contributed by atoms with E-state index in [4.69, 9.17) is 5.73 Å². The quantitative estimate of drug-likeness (QED) is 0.735. The van der Waals surface area contributed by atoms with E-state index in [1.807, 2.05) is 0 Å². The minimum Gasteiger partial charge on any atom is -0.330 e. The lowest BCUT2D eigenvalue weighted by Gasteiger charge is -2.27. The Hall–Kier alpha value is 0.270. The number of nitrogens with two attached hydrogens (primary N) is 1. The Morgan fingerprint density at radius 1 is 1.31 bits per heavy atom. The zero-order chi connectivity index (χ0) is 9.10. The molecule has 2 nitrogen and oxygen atoms in total. The molecule has 0 aromatic carbocycles. The highest BCUT2D eigenvalue weighted by molar-refractivity contribution is 8.00. The Bertz CT molecular complexity index is 159. The van der Waals surface area contributed by atoms with Crippen molar-refractivity contribution >= 4 is 11.8 Å². The van der Waals surface area contributed by atoms with Gasteiger partial charge in [-0.15, -0.1) is 0 Å². The molecular weight excluding hydrogens is 180 g/mol. The topological polar surface area (TPSA) is 29.3 Å². The first-order valence-electron chi connectivity index (χ1n) is 5.38. The first-order chi connectivity index (χ1) is 6.38. The van der Waals surface area contributed by atoms with E-state index in [9.17, 15) is 0 Å². The Balaban J connectivity index is 1.59. The molecule has 2 N–H and O–H groups in total. The highest BCUT2D eigenvalue weighted by Gasteiger charge is 2.23. The first kappa shape index (κ1) is 9.81. The van der Waals surface area contributed by atoms with Crippen LogP contribution in [0, 0.1) is 11.8 Å². The summed E-state index contributed by atoms with van der Waals surface area (Å²) in [6.45, 7) is 4.76. The highest BCUT2D eigenvalue weighted by Crippen LogP contribution is 2.28. The van der Waals surface area contributed by atoms with Crippen molar-refractivity contribution in [2.45, 2.75) is 12.8 Å². The minimum absolute atomic E-state index is 0.788. The van der Waals surface area contributed by atoms with Crippen LogP contribution in [0.5, 0.6) is 0 Å². The molecule has 2 saturated heterocycles. The van der Waals surface area contributed by atoms with Crippen LogP contribution in [0.3, 0.4) is 0 Å². The Morgan fingerprint density at radius 3 is 2.69 bits per heavy atom. The summed E-state index contributed by atoms with van der Waals surface area (Å²) >= 11 is 2.09. The maximum absolute atomic E-state index is 5.66. The van der Waals surface area contributed by atoms with Gasteiger partial charge in [-0.05, 0) is 55.8 Å². The lowest BCUT2D eigenvalue weighted by Crippen LogP contribution is -2.28. The second-order valence-electron chi connectivity index (χ2n) is 4.38. The van der Waals surface area contributed by atoms with Crippen molar-refractivity contribution in [3.63, 3.8) is 0 Å². The highest BCUT2D eigenvalue weighted by atomic mass is 32.2. The summed E-state index contributed by atoms with van der Waals surface area (Å²) in [5.41, 5.74) is 5.66. The second kappa shape index (κ2) is 4.67. The van der Waals surface area contributed by atoms with Crippen LogP contribution < -0.4 is 5.73 Å².